The maximum atomic E-state index is 12.9. The van der Waals surface area contributed by atoms with Crippen molar-refractivity contribution in [2.45, 2.75) is 26.3 Å². The van der Waals surface area contributed by atoms with Crippen LogP contribution < -0.4 is 11.1 Å². The topological polar surface area (TPSA) is 61.8 Å². The highest BCUT2D eigenvalue weighted by molar-refractivity contribution is 7.80. The molecule has 0 aliphatic heterocycles. The van der Waals surface area contributed by atoms with Crippen LogP contribution in [0, 0.1) is 17.1 Å². The molecule has 19 heavy (non-hydrogen) atoms. The van der Waals surface area contributed by atoms with E-state index in [2.05, 4.69) is 5.32 Å². The van der Waals surface area contributed by atoms with Gasteiger partial charge in [0.1, 0.15) is 22.4 Å². The quantitative estimate of drug-likeness (QED) is 0.493. The summed E-state index contributed by atoms with van der Waals surface area (Å²) in [5.74, 6) is -0.275. The van der Waals surface area contributed by atoms with E-state index in [-0.39, 0.29) is 16.8 Å². The van der Waals surface area contributed by atoms with Crippen LogP contribution in [0.5, 0.6) is 0 Å². The number of hydrogen-bond acceptors (Lipinski definition) is 3. The van der Waals surface area contributed by atoms with Crippen molar-refractivity contribution >= 4 is 17.2 Å². The zero-order chi connectivity index (χ0) is 14.4. The van der Waals surface area contributed by atoms with Crippen LogP contribution in [-0.2, 0) is 0 Å². The molecule has 100 valence electrons. The fraction of sp³-hybridized carbons (Fsp3) is 0.286. The molecule has 1 aromatic carbocycles. The molecule has 0 aliphatic carbocycles. The molecule has 1 unspecified atom stereocenters. The van der Waals surface area contributed by atoms with Crippen LogP contribution in [-0.4, -0.2) is 4.99 Å². The molecule has 0 radical (unpaired) electrons. The molecule has 1 atom stereocenters. The monoisotopic (exact) mass is 277 g/mol. The Morgan fingerprint density at radius 3 is 2.47 bits per heavy atom. The van der Waals surface area contributed by atoms with E-state index in [1.807, 2.05) is 19.9 Å². The van der Waals surface area contributed by atoms with Gasteiger partial charge in [-0.2, -0.15) is 5.26 Å². The summed E-state index contributed by atoms with van der Waals surface area (Å²) in [6.45, 7) is 3.84. The summed E-state index contributed by atoms with van der Waals surface area (Å²) in [4.78, 5) is 0.0816. The minimum Gasteiger partial charge on any atom is -0.389 e. The van der Waals surface area contributed by atoms with Crippen LogP contribution in [0.1, 0.15) is 31.9 Å². The molecule has 0 aliphatic rings. The van der Waals surface area contributed by atoms with E-state index in [0.717, 1.165) is 5.56 Å². The molecule has 1 rings (SSSR count). The Kier molecular flexibility index (Phi) is 5.46. The molecule has 0 heterocycles. The number of benzene rings is 1. The Bertz CT molecular complexity index is 529. The maximum absolute atomic E-state index is 12.9. The predicted molar refractivity (Wildman–Crippen MR) is 77.7 cm³/mol. The summed E-state index contributed by atoms with van der Waals surface area (Å²) < 4.78 is 12.9. The first kappa shape index (κ1) is 15.1. The van der Waals surface area contributed by atoms with Crippen LogP contribution in [0.3, 0.4) is 0 Å². The number of nitrogens with two attached hydrogens (primary N) is 1. The van der Waals surface area contributed by atoms with E-state index in [4.69, 9.17) is 23.2 Å². The summed E-state index contributed by atoms with van der Waals surface area (Å²) in [5, 5.41) is 12.3. The van der Waals surface area contributed by atoms with Gasteiger partial charge in [-0.05, 0) is 31.0 Å². The molecule has 0 saturated heterocycles. The molecule has 0 spiro atoms. The molecule has 3 nitrogen and oxygen atoms in total. The molecular formula is C14H16FN3S. The highest BCUT2D eigenvalue weighted by Gasteiger charge is 2.12. The van der Waals surface area contributed by atoms with Crippen LogP contribution in [0.4, 0.5) is 4.39 Å². The van der Waals surface area contributed by atoms with Crippen molar-refractivity contribution in [1.29, 1.82) is 5.26 Å². The fourth-order valence-electron chi connectivity index (χ4n) is 1.72. The lowest BCUT2D eigenvalue weighted by Crippen LogP contribution is -2.23. The second-order valence-electron chi connectivity index (χ2n) is 4.10. The summed E-state index contributed by atoms with van der Waals surface area (Å²) in [6.07, 6.45) is 0.617. The van der Waals surface area contributed by atoms with Crippen LogP contribution in [0.25, 0.3) is 0 Å². The van der Waals surface area contributed by atoms with Crippen molar-refractivity contribution in [3.05, 3.63) is 46.9 Å². The van der Waals surface area contributed by atoms with Gasteiger partial charge < -0.3 is 11.1 Å². The number of nitrogens with zero attached hydrogens (tertiary/aromatic N) is 1. The van der Waals surface area contributed by atoms with E-state index < -0.39 is 0 Å². The predicted octanol–water partition coefficient (Wildman–Crippen LogP) is 2.95. The lowest BCUT2D eigenvalue weighted by molar-refractivity contribution is 0.614. The minimum atomic E-state index is -0.275. The molecule has 0 saturated carbocycles. The fourth-order valence-corrected chi connectivity index (χ4v) is 1.89. The van der Waals surface area contributed by atoms with Crippen LogP contribution in [0.15, 0.2) is 35.5 Å². The number of allylic oxidation sites excluding steroid dienone is 1. The van der Waals surface area contributed by atoms with Crippen molar-refractivity contribution in [3.63, 3.8) is 0 Å². The molecule has 3 N–H and O–H groups in total. The van der Waals surface area contributed by atoms with Crippen LogP contribution in [0.2, 0.25) is 0 Å². The number of nitrogens with one attached hydrogen (secondary N) is 1. The van der Waals surface area contributed by atoms with Crippen LogP contribution >= 0.6 is 12.2 Å². The normalized spacial score (nSPS) is 13.2. The van der Waals surface area contributed by atoms with E-state index in [0.29, 0.717) is 17.7 Å². The van der Waals surface area contributed by atoms with Crippen molar-refractivity contribution in [3.8, 4) is 6.07 Å². The molecule has 0 aromatic heterocycles. The van der Waals surface area contributed by atoms with Gasteiger partial charge in [0, 0.05) is 11.7 Å². The first-order chi connectivity index (χ1) is 8.99. The first-order valence-electron chi connectivity index (χ1n) is 5.94. The molecule has 1 aromatic rings. The Morgan fingerprint density at radius 1 is 1.47 bits per heavy atom. The molecule has 0 bridgehead atoms. The van der Waals surface area contributed by atoms with Crippen molar-refractivity contribution < 1.29 is 4.39 Å². The number of hydrogen-bond donors (Lipinski definition) is 2. The average Bonchev–Trinajstić information content (AvgIpc) is 2.38. The molecule has 0 fully saturated rings. The van der Waals surface area contributed by atoms with Gasteiger partial charge in [0.15, 0.2) is 0 Å². The second-order valence-corrected chi connectivity index (χ2v) is 4.54. The standard InChI is InChI=1S/C14H16FN3S/c1-3-13(12(8-16)14(17)19)18-9(2)10-4-6-11(15)7-5-10/h4-7,9,18H,3H2,1-2H3,(H2,17,19). The lowest BCUT2D eigenvalue weighted by Gasteiger charge is -2.18. The van der Waals surface area contributed by atoms with Crippen molar-refractivity contribution in [2.75, 3.05) is 0 Å². The van der Waals surface area contributed by atoms with Gasteiger partial charge in [0.2, 0.25) is 0 Å². The zero-order valence-corrected chi connectivity index (χ0v) is 11.7. The van der Waals surface area contributed by atoms with E-state index in [9.17, 15) is 4.39 Å². The third-order valence-corrected chi connectivity index (χ3v) is 2.98. The maximum Gasteiger partial charge on any atom is 0.123 e. The van der Waals surface area contributed by atoms with E-state index in [1.165, 1.54) is 12.1 Å². The molecular weight excluding hydrogens is 261 g/mol. The summed E-state index contributed by atoms with van der Waals surface area (Å²) in [7, 11) is 0. The van der Waals surface area contributed by atoms with E-state index >= 15 is 0 Å². The Morgan fingerprint density at radius 2 is 2.05 bits per heavy atom. The Balaban J connectivity index is 2.96. The Labute approximate surface area is 117 Å². The lowest BCUT2D eigenvalue weighted by atomic mass is 10.1. The van der Waals surface area contributed by atoms with Crippen molar-refractivity contribution in [2.24, 2.45) is 5.73 Å². The molecule has 0 amide bonds. The minimum absolute atomic E-state index is 0.0618. The summed E-state index contributed by atoms with van der Waals surface area (Å²) in [5.41, 5.74) is 7.44. The number of nitriles is 1. The highest BCUT2D eigenvalue weighted by atomic mass is 32.1. The number of rotatable bonds is 5. The third kappa shape index (κ3) is 4.04. The highest BCUT2D eigenvalue weighted by Crippen LogP contribution is 2.17. The van der Waals surface area contributed by atoms with Gasteiger partial charge in [-0.3, -0.25) is 0 Å². The summed E-state index contributed by atoms with van der Waals surface area (Å²) >= 11 is 4.85. The Hall–Kier alpha value is -1.93. The van der Waals surface area contributed by atoms with Gasteiger partial charge in [-0.1, -0.05) is 31.3 Å². The zero-order valence-electron chi connectivity index (χ0n) is 10.9. The van der Waals surface area contributed by atoms with Gasteiger partial charge in [0.25, 0.3) is 0 Å². The molecule has 5 heteroatoms. The SMILES string of the molecule is CCC(NC(C)c1ccc(F)cc1)=C(C#N)C(N)=S. The number of thiocarbonyl (C=S) groups is 1. The third-order valence-electron chi connectivity index (χ3n) is 2.77. The number of halogens is 1. The smallest absolute Gasteiger partial charge is 0.123 e. The van der Waals surface area contributed by atoms with Gasteiger partial charge in [-0.15, -0.1) is 0 Å². The van der Waals surface area contributed by atoms with Crippen molar-refractivity contribution in [1.82, 2.24) is 5.32 Å². The second kappa shape index (κ2) is 6.86. The van der Waals surface area contributed by atoms with Gasteiger partial charge >= 0.3 is 0 Å². The summed E-state index contributed by atoms with van der Waals surface area (Å²) in [6, 6.07) is 8.16. The first-order valence-corrected chi connectivity index (χ1v) is 6.35. The van der Waals surface area contributed by atoms with Gasteiger partial charge in [0.05, 0.1) is 0 Å². The van der Waals surface area contributed by atoms with Gasteiger partial charge in [-0.25, -0.2) is 4.39 Å². The average molecular weight is 277 g/mol. The van der Waals surface area contributed by atoms with E-state index in [1.54, 1.807) is 12.1 Å². The largest absolute Gasteiger partial charge is 0.389 e.